The fourth-order valence-electron chi connectivity index (χ4n) is 2.62. The highest BCUT2D eigenvalue weighted by Crippen LogP contribution is 2.40. The Morgan fingerprint density at radius 2 is 1.85 bits per heavy atom. The average Bonchev–Trinajstić information content (AvgIpc) is 2.68. The second-order valence-corrected chi connectivity index (χ2v) is 6.13. The first-order valence-corrected chi connectivity index (χ1v) is 8.50. The van der Waals surface area contributed by atoms with Crippen LogP contribution < -0.4 is 19.5 Å². The highest BCUT2D eigenvalue weighted by atomic mass is 16.6. The average molecular weight is 371 g/mol. The Morgan fingerprint density at radius 1 is 1.07 bits per heavy atom. The number of fused-ring (bicyclic) bond motifs is 1. The van der Waals surface area contributed by atoms with Gasteiger partial charge in [-0.05, 0) is 49.2 Å². The maximum atomic E-state index is 12.3. The van der Waals surface area contributed by atoms with Gasteiger partial charge in [-0.2, -0.15) is 0 Å². The summed E-state index contributed by atoms with van der Waals surface area (Å²) < 4.78 is 21.3. The number of hydrogen-bond acceptors (Lipinski definition) is 6. The number of carbonyl (C=O) groups excluding carboxylic acids is 2. The van der Waals surface area contributed by atoms with Crippen molar-refractivity contribution in [1.29, 1.82) is 0 Å². The van der Waals surface area contributed by atoms with E-state index in [1.807, 2.05) is 26.0 Å². The highest BCUT2D eigenvalue weighted by Gasteiger charge is 2.22. The van der Waals surface area contributed by atoms with Crippen LogP contribution in [0.2, 0.25) is 0 Å². The number of hydrogen-bond donors (Lipinski definition) is 1. The Hall–Kier alpha value is -3.22. The van der Waals surface area contributed by atoms with Crippen molar-refractivity contribution in [3.05, 3.63) is 47.0 Å². The lowest BCUT2D eigenvalue weighted by Gasteiger charge is -2.21. The first-order chi connectivity index (χ1) is 13.0. The molecule has 1 aliphatic heterocycles. The van der Waals surface area contributed by atoms with E-state index in [9.17, 15) is 9.59 Å². The number of benzene rings is 2. The second kappa shape index (κ2) is 7.99. The van der Waals surface area contributed by atoms with Gasteiger partial charge in [0.25, 0.3) is 5.91 Å². The molecule has 0 fully saturated rings. The minimum absolute atomic E-state index is 0.218. The van der Waals surface area contributed by atoms with Crippen LogP contribution in [-0.4, -0.2) is 38.8 Å². The fraction of sp³-hybridized carbons (Fsp3) is 0.300. The Labute approximate surface area is 157 Å². The van der Waals surface area contributed by atoms with Gasteiger partial charge in [0, 0.05) is 5.69 Å². The molecule has 2 aromatic carbocycles. The van der Waals surface area contributed by atoms with Crippen molar-refractivity contribution in [2.45, 2.75) is 13.8 Å². The molecule has 1 N–H and O–H groups in total. The minimum atomic E-state index is -0.652. The summed E-state index contributed by atoms with van der Waals surface area (Å²) in [4.78, 5) is 24.3. The molecule has 3 rings (SSSR count). The van der Waals surface area contributed by atoms with E-state index in [0.717, 1.165) is 11.1 Å². The molecule has 7 nitrogen and oxygen atoms in total. The Bertz CT molecular complexity index is 860. The van der Waals surface area contributed by atoms with E-state index in [1.165, 1.54) is 19.2 Å². The van der Waals surface area contributed by atoms with E-state index in [0.29, 0.717) is 36.1 Å². The number of amides is 1. The smallest absolute Gasteiger partial charge is 0.338 e. The summed E-state index contributed by atoms with van der Waals surface area (Å²) in [5, 5.41) is 2.70. The standard InChI is InChI=1S/C20H21NO6/c1-12-4-5-15(8-13(12)2)21-18(22)11-27-20(23)14-9-16(24-3)19-17(10-14)25-6-7-26-19/h4-5,8-10H,6-7,11H2,1-3H3,(H,21,22). The Morgan fingerprint density at radius 3 is 2.59 bits per heavy atom. The van der Waals surface area contributed by atoms with Crippen molar-refractivity contribution < 1.29 is 28.5 Å². The van der Waals surface area contributed by atoms with Crippen LogP contribution in [-0.2, 0) is 9.53 Å². The number of esters is 1. The van der Waals surface area contributed by atoms with Gasteiger partial charge in [-0.1, -0.05) is 6.07 Å². The number of anilines is 1. The summed E-state index contributed by atoms with van der Waals surface area (Å²) in [6, 6.07) is 8.59. The molecule has 1 heterocycles. The van der Waals surface area contributed by atoms with Crippen LogP contribution in [0.1, 0.15) is 21.5 Å². The van der Waals surface area contributed by atoms with Crippen LogP contribution in [0.3, 0.4) is 0 Å². The van der Waals surface area contributed by atoms with Gasteiger partial charge in [0.2, 0.25) is 5.75 Å². The molecule has 0 saturated carbocycles. The minimum Gasteiger partial charge on any atom is -0.493 e. The third-order valence-electron chi connectivity index (χ3n) is 4.19. The first-order valence-electron chi connectivity index (χ1n) is 8.50. The lowest BCUT2D eigenvalue weighted by Crippen LogP contribution is -2.21. The van der Waals surface area contributed by atoms with E-state index in [-0.39, 0.29) is 5.56 Å². The molecule has 27 heavy (non-hydrogen) atoms. The van der Waals surface area contributed by atoms with Gasteiger partial charge < -0.3 is 24.3 Å². The summed E-state index contributed by atoms with van der Waals surface area (Å²) in [6.07, 6.45) is 0. The third-order valence-corrected chi connectivity index (χ3v) is 4.19. The predicted molar refractivity (Wildman–Crippen MR) is 98.8 cm³/mol. The fourth-order valence-corrected chi connectivity index (χ4v) is 2.62. The summed E-state index contributed by atoms with van der Waals surface area (Å²) in [5.41, 5.74) is 3.07. The van der Waals surface area contributed by atoms with E-state index in [1.54, 1.807) is 6.07 Å². The van der Waals surface area contributed by atoms with E-state index in [4.69, 9.17) is 18.9 Å². The predicted octanol–water partition coefficient (Wildman–Crippen LogP) is 2.88. The van der Waals surface area contributed by atoms with E-state index >= 15 is 0 Å². The molecule has 2 aromatic rings. The molecule has 7 heteroatoms. The molecular weight excluding hydrogens is 350 g/mol. The molecular formula is C20H21NO6. The molecule has 0 bridgehead atoms. The van der Waals surface area contributed by atoms with Gasteiger partial charge in [0.15, 0.2) is 18.1 Å². The summed E-state index contributed by atoms with van der Waals surface area (Å²) >= 11 is 0. The summed E-state index contributed by atoms with van der Waals surface area (Å²) in [7, 11) is 1.47. The zero-order chi connectivity index (χ0) is 19.4. The van der Waals surface area contributed by atoms with Crippen LogP contribution >= 0.6 is 0 Å². The topological polar surface area (TPSA) is 83.1 Å². The maximum Gasteiger partial charge on any atom is 0.338 e. The second-order valence-electron chi connectivity index (χ2n) is 6.13. The van der Waals surface area contributed by atoms with Gasteiger partial charge in [-0.25, -0.2) is 4.79 Å². The van der Waals surface area contributed by atoms with Crippen molar-refractivity contribution in [2.75, 3.05) is 32.2 Å². The molecule has 0 atom stereocenters. The molecule has 142 valence electrons. The zero-order valence-electron chi connectivity index (χ0n) is 15.5. The molecule has 1 aliphatic rings. The van der Waals surface area contributed by atoms with Crippen LogP contribution in [0.15, 0.2) is 30.3 Å². The number of ether oxygens (including phenoxy) is 4. The van der Waals surface area contributed by atoms with E-state index in [2.05, 4.69) is 5.32 Å². The SMILES string of the molecule is COc1cc(C(=O)OCC(=O)Nc2ccc(C)c(C)c2)cc2c1OCCO2. The molecule has 0 radical (unpaired) electrons. The highest BCUT2D eigenvalue weighted by molar-refractivity contribution is 5.96. The van der Waals surface area contributed by atoms with Crippen molar-refractivity contribution in [3.8, 4) is 17.2 Å². The van der Waals surface area contributed by atoms with Gasteiger partial charge in [0.05, 0.1) is 12.7 Å². The summed E-state index contributed by atoms with van der Waals surface area (Å²) in [6.45, 7) is 4.34. The van der Waals surface area contributed by atoms with Gasteiger partial charge in [0.1, 0.15) is 13.2 Å². The van der Waals surface area contributed by atoms with E-state index < -0.39 is 18.5 Å². The molecule has 1 amide bonds. The summed E-state index contributed by atoms with van der Waals surface area (Å²) in [5.74, 6) is 0.162. The van der Waals surface area contributed by atoms with Crippen molar-refractivity contribution in [2.24, 2.45) is 0 Å². The number of rotatable bonds is 5. The quantitative estimate of drug-likeness (QED) is 0.814. The molecule has 0 saturated heterocycles. The number of aryl methyl sites for hydroxylation is 2. The molecule has 0 unspecified atom stereocenters. The monoisotopic (exact) mass is 371 g/mol. The Kier molecular flexibility index (Phi) is 5.49. The van der Waals surface area contributed by atoms with Crippen molar-refractivity contribution in [3.63, 3.8) is 0 Å². The lowest BCUT2D eigenvalue weighted by atomic mass is 10.1. The van der Waals surface area contributed by atoms with Gasteiger partial charge >= 0.3 is 5.97 Å². The lowest BCUT2D eigenvalue weighted by molar-refractivity contribution is -0.119. The van der Waals surface area contributed by atoms with Gasteiger partial charge in [-0.3, -0.25) is 4.79 Å². The third kappa shape index (κ3) is 4.31. The Balaban J connectivity index is 1.63. The molecule has 0 aromatic heterocycles. The van der Waals surface area contributed by atoms with Crippen LogP contribution in [0.25, 0.3) is 0 Å². The van der Waals surface area contributed by atoms with Crippen molar-refractivity contribution >= 4 is 17.6 Å². The van der Waals surface area contributed by atoms with Gasteiger partial charge in [-0.15, -0.1) is 0 Å². The normalized spacial score (nSPS) is 12.3. The molecule has 0 spiro atoms. The number of methoxy groups -OCH3 is 1. The number of carbonyl (C=O) groups is 2. The maximum absolute atomic E-state index is 12.3. The van der Waals surface area contributed by atoms with Crippen LogP contribution in [0, 0.1) is 13.8 Å². The number of nitrogens with one attached hydrogen (secondary N) is 1. The van der Waals surface area contributed by atoms with Crippen molar-refractivity contribution in [1.82, 2.24) is 0 Å². The largest absolute Gasteiger partial charge is 0.493 e. The van der Waals surface area contributed by atoms with Crippen LogP contribution in [0.5, 0.6) is 17.2 Å². The zero-order valence-corrected chi connectivity index (χ0v) is 15.5. The first kappa shape index (κ1) is 18.6. The van der Waals surface area contributed by atoms with Crippen LogP contribution in [0.4, 0.5) is 5.69 Å². The molecule has 0 aliphatic carbocycles.